The van der Waals surface area contributed by atoms with E-state index in [2.05, 4.69) is 22.2 Å². The van der Waals surface area contributed by atoms with E-state index in [4.69, 9.17) is 16.3 Å². The van der Waals surface area contributed by atoms with E-state index in [1.165, 1.54) is 0 Å². The molecule has 0 radical (unpaired) electrons. The molecular formula is C13H20ClN3O. The summed E-state index contributed by atoms with van der Waals surface area (Å²) in [6.07, 6.45) is 2.55. The summed E-state index contributed by atoms with van der Waals surface area (Å²) in [6, 6.07) is 0. The molecule has 1 saturated heterocycles. The standard InChI is InChI=1S/C13H20ClN3O/c1-4-11-10(5-6-18-11)7-15-13-8(2)12(14)16-9(3)17-13/h10-11H,4-7H2,1-3H3,(H,15,16,17). The molecule has 2 heterocycles. The Morgan fingerprint density at radius 1 is 1.39 bits per heavy atom. The zero-order valence-corrected chi connectivity index (χ0v) is 11.9. The van der Waals surface area contributed by atoms with Crippen LogP contribution in [0.3, 0.4) is 0 Å². The highest BCUT2D eigenvalue weighted by atomic mass is 35.5. The molecule has 100 valence electrons. The number of nitrogens with one attached hydrogen (secondary N) is 1. The van der Waals surface area contributed by atoms with E-state index in [0.29, 0.717) is 23.0 Å². The van der Waals surface area contributed by atoms with Gasteiger partial charge in [-0.2, -0.15) is 0 Å². The maximum atomic E-state index is 6.05. The molecule has 2 rings (SSSR count). The van der Waals surface area contributed by atoms with Crippen LogP contribution in [0.25, 0.3) is 0 Å². The van der Waals surface area contributed by atoms with Gasteiger partial charge in [0, 0.05) is 24.6 Å². The Morgan fingerprint density at radius 2 is 2.17 bits per heavy atom. The maximum Gasteiger partial charge on any atom is 0.137 e. The van der Waals surface area contributed by atoms with Gasteiger partial charge >= 0.3 is 0 Å². The maximum absolute atomic E-state index is 6.05. The molecule has 1 aromatic heterocycles. The lowest BCUT2D eigenvalue weighted by atomic mass is 10.00. The van der Waals surface area contributed by atoms with Gasteiger partial charge in [0.05, 0.1) is 6.10 Å². The highest BCUT2D eigenvalue weighted by Crippen LogP contribution is 2.25. The molecule has 0 bridgehead atoms. The quantitative estimate of drug-likeness (QED) is 0.854. The first-order valence-corrected chi connectivity index (χ1v) is 6.85. The molecule has 0 amide bonds. The van der Waals surface area contributed by atoms with Gasteiger partial charge < -0.3 is 10.1 Å². The number of aromatic nitrogens is 2. The van der Waals surface area contributed by atoms with Gasteiger partial charge in [0.1, 0.15) is 16.8 Å². The molecule has 18 heavy (non-hydrogen) atoms. The van der Waals surface area contributed by atoms with E-state index in [1.807, 2.05) is 13.8 Å². The third kappa shape index (κ3) is 2.93. The highest BCUT2D eigenvalue weighted by Gasteiger charge is 2.26. The average molecular weight is 270 g/mol. The number of hydrogen-bond donors (Lipinski definition) is 1. The van der Waals surface area contributed by atoms with E-state index in [0.717, 1.165) is 37.4 Å². The van der Waals surface area contributed by atoms with E-state index >= 15 is 0 Å². The monoisotopic (exact) mass is 269 g/mol. The minimum absolute atomic E-state index is 0.371. The fourth-order valence-electron chi connectivity index (χ4n) is 2.37. The summed E-state index contributed by atoms with van der Waals surface area (Å²) in [5.41, 5.74) is 0.911. The van der Waals surface area contributed by atoms with Crippen molar-refractivity contribution in [1.29, 1.82) is 0 Å². The molecule has 1 aliphatic rings. The smallest absolute Gasteiger partial charge is 0.137 e. The van der Waals surface area contributed by atoms with E-state index in [9.17, 15) is 0 Å². The van der Waals surface area contributed by atoms with E-state index in [-0.39, 0.29) is 0 Å². The summed E-state index contributed by atoms with van der Waals surface area (Å²) in [5.74, 6) is 2.10. The van der Waals surface area contributed by atoms with Crippen LogP contribution in [-0.4, -0.2) is 29.2 Å². The molecule has 1 N–H and O–H groups in total. The van der Waals surface area contributed by atoms with Crippen molar-refractivity contribution >= 4 is 17.4 Å². The van der Waals surface area contributed by atoms with Gasteiger partial charge in [-0.3, -0.25) is 0 Å². The fourth-order valence-corrected chi connectivity index (χ4v) is 2.58. The lowest BCUT2D eigenvalue weighted by molar-refractivity contribution is 0.0900. The first-order chi connectivity index (χ1) is 8.61. The summed E-state index contributed by atoms with van der Waals surface area (Å²) in [7, 11) is 0. The van der Waals surface area contributed by atoms with Crippen molar-refractivity contribution in [2.75, 3.05) is 18.5 Å². The van der Waals surface area contributed by atoms with Crippen LogP contribution in [0.1, 0.15) is 31.2 Å². The number of aryl methyl sites for hydroxylation is 1. The Morgan fingerprint density at radius 3 is 2.89 bits per heavy atom. The molecule has 0 aliphatic carbocycles. The molecule has 2 unspecified atom stereocenters. The van der Waals surface area contributed by atoms with Crippen molar-refractivity contribution in [1.82, 2.24) is 9.97 Å². The zero-order chi connectivity index (χ0) is 13.1. The third-order valence-corrected chi connectivity index (χ3v) is 3.85. The first kappa shape index (κ1) is 13.6. The molecule has 1 fully saturated rings. The normalized spacial score (nSPS) is 23.3. The van der Waals surface area contributed by atoms with Gasteiger partial charge in [-0.15, -0.1) is 0 Å². The highest BCUT2D eigenvalue weighted by molar-refractivity contribution is 6.30. The van der Waals surface area contributed by atoms with Gasteiger partial charge in [0.25, 0.3) is 0 Å². The van der Waals surface area contributed by atoms with Crippen molar-refractivity contribution < 1.29 is 4.74 Å². The van der Waals surface area contributed by atoms with Crippen LogP contribution in [0.2, 0.25) is 5.15 Å². The number of hydrogen-bond acceptors (Lipinski definition) is 4. The fraction of sp³-hybridized carbons (Fsp3) is 0.692. The minimum Gasteiger partial charge on any atom is -0.378 e. The summed E-state index contributed by atoms with van der Waals surface area (Å²) >= 11 is 6.05. The van der Waals surface area contributed by atoms with Gasteiger partial charge in [-0.25, -0.2) is 9.97 Å². The molecule has 2 atom stereocenters. The van der Waals surface area contributed by atoms with Crippen molar-refractivity contribution in [3.63, 3.8) is 0 Å². The topological polar surface area (TPSA) is 47.0 Å². The van der Waals surface area contributed by atoms with E-state index < -0.39 is 0 Å². The van der Waals surface area contributed by atoms with Crippen molar-refractivity contribution in [3.8, 4) is 0 Å². The van der Waals surface area contributed by atoms with Crippen LogP contribution in [-0.2, 0) is 4.74 Å². The van der Waals surface area contributed by atoms with Crippen LogP contribution in [0.15, 0.2) is 0 Å². The second-order valence-corrected chi connectivity index (χ2v) is 5.14. The van der Waals surface area contributed by atoms with Gasteiger partial charge in [0.15, 0.2) is 0 Å². The van der Waals surface area contributed by atoms with Crippen molar-refractivity contribution in [2.45, 2.75) is 39.7 Å². The lowest BCUT2D eigenvalue weighted by Crippen LogP contribution is -2.23. The minimum atomic E-state index is 0.371. The second kappa shape index (κ2) is 5.85. The Balaban J connectivity index is 2.02. The molecule has 4 nitrogen and oxygen atoms in total. The molecule has 0 aromatic carbocycles. The van der Waals surface area contributed by atoms with E-state index in [1.54, 1.807) is 0 Å². The Labute approximate surface area is 113 Å². The van der Waals surface area contributed by atoms with Crippen molar-refractivity contribution in [3.05, 3.63) is 16.5 Å². The largest absolute Gasteiger partial charge is 0.378 e. The molecule has 5 heteroatoms. The lowest BCUT2D eigenvalue weighted by Gasteiger charge is -2.18. The average Bonchev–Trinajstić information content (AvgIpc) is 2.79. The summed E-state index contributed by atoms with van der Waals surface area (Å²) in [6.45, 7) is 7.70. The van der Waals surface area contributed by atoms with Gasteiger partial charge in [0.2, 0.25) is 0 Å². The van der Waals surface area contributed by atoms with Crippen LogP contribution in [0.4, 0.5) is 5.82 Å². The number of halogens is 1. The predicted molar refractivity (Wildman–Crippen MR) is 73.1 cm³/mol. The third-order valence-electron chi connectivity index (χ3n) is 3.48. The molecule has 0 saturated carbocycles. The Kier molecular flexibility index (Phi) is 4.40. The molecule has 1 aromatic rings. The summed E-state index contributed by atoms with van der Waals surface area (Å²) in [5, 5.41) is 3.91. The molecule has 0 spiro atoms. The van der Waals surface area contributed by atoms with Gasteiger partial charge in [-0.05, 0) is 26.7 Å². The van der Waals surface area contributed by atoms with Crippen LogP contribution in [0.5, 0.6) is 0 Å². The number of rotatable bonds is 4. The van der Waals surface area contributed by atoms with Crippen LogP contribution < -0.4 is 5.32 Å². The first-order valence-electron chi connectivity index (χ1n) is 6.48. The molecular weight excluding hydrogens is 250 g/mol. The second-order valence-electron chi connectivity index (χ2n) is 4.78. The Hall–Kier alpha value is -0.870. The summed E-state index contributed by atoms with van der Waals surface area (Å²) in [4.78, 5) is 8.53. The van der Waals surface area contributed by atoms with Crippen molar-refractivity contribution in [2.24, 2.45) is 5.92 Å². The van der Waals surface area contributed by atoms with Gasteiger partial charge in [-0.1, -0.05) is 18.5 Å². The van der Waals surface area contributed by atoms with Crippen LogP contribution >= 0.6 is 11.6 Å². The molecule has 1 aliphatic heterocycles. The number of ether oxygens (including phenoxy) is 1. The number of anilines is 1. The van der Waals surface area contributed by atoms with Crippen LogP contribution in [0, 0.1) is 19.8 Å². The summed E-state index contributed by atoms with van der Waals surface area (Å²) < 4.78 is 5.68. The SMILES string of the molecule is CCC1OCCC1CNc1nc(C)nc(Cl)c1C. The number of nitrogens with zero attached hydrogens (tertiary/aromatic N) is 2. The predicted octanol–water partition coefficient (Wildman–Crippen LogP) is 2.97. The Bertz CT molecular complexity index is 425. The zero-order valence-electron chi connectivity index (χ0n) is 11.2.